The van der Waals surface area contributed by atoms with Crippen LogP contribution < -0.4 is 0 Å². The Bertz CT molecular complexity index is 594. The first-order valence-electron chi connectivity index (χ1n) is 4.78. The largest absolute Gasteiger partial charge is 0.406 e. The highest BCUT2D eigenvalue weighted by molar-refractivity contribution is 14.1. The highest BCUT2D eigenvalue weighted by atomic mass is 127. The lowest BCUT2D eigenvalue weighted by Gasteiger charge is -2.10. The van der Waals surface area contributed by atoms with Crippen LogP contribution in [0.2, 0.25) is 0 Å². The normalized spacial score (nSPS) is 12.3. The van der Waals surface area contributed by atoms with Crippen LogP contribution in [0, 0.1) is 9.39 Å². The molecule has 0 unspecified atom stereocenters. The Balaban J connectivity index is 2.65. The van der Waals surface area contributed by atoms with Crippen LogP contribution >= 0.6 is 34.2 Å². The van der Waals surface area contributed by atoms with E-state index in [0.717, 1.165) is 10.6 Å². The van der Waals surface area contributed by atoms with Gasteiger partial charge in [-0.25, -0.2) is 9.37 Å². The maximum atomic E-state index is 13.4. The number of aromatic nitrogens is 2. The van der Waals surface area contributed by atoms with Crippen molar-refractivity contribution in [3.05, 3.63) is 27.3 Å². The van der Waals surface area contributed by atoms with Gasteiger partial charge in [-0.3, -0.25) is 0 Å². The molecule has 1 heterocycles. The third kappa shape index (κ3) is 2.71. The molecule has 0 saturated carbocycles. The molecule has 0 spiro atoms. The maximum absolute atomic E-state index is 13.4. The molecule has 2 rings (SSSR count). The minimum atomic E-state index is -4.41. The Morgan fingerprint density at radius 1 is 1.33 bits per heavy atom. The quantitative estimate of drug-likeness (QED) is 0.428. The topological polar surface area (TPSA) is 17.8 Å². The van der Waals surface area contributed by atoms with E-state index in [0.29, 0.717) is 9.09 Å². The van der Waals surface area contributed by atoms with Crippen LogP contribution in [0.4, 0.5) is 17.6 Å². The zero-order valence-electron chi connectivity index (χ0n) is 8.73. The lowest BCUT2D eigenvalue weighted by atomic mass is 10.3. The third-order valence-corrected chi connectivity index (χ3v) is 3.39. The van der Waals surface area contributed by atoms with Crippen molar-refractivity contribution in [3.63, 3.8) is 0 Å². The van der Waals surface area contributed by atoms with Gasteiger partial charge in [0.15, 0.2) is 0 Å². The van der Waals surface area contributed by atoms with Crippen molar-refractivity contribution >= 4 is 45.2 Å². The predicted octanol–water partition coefficient (Wildman–Crippen LogP) is 4.08. The van der Waals surface area contributed by atoms with Gasteiger partial charge in [0.25, 0.3) is 0 Å². The van der Waals surface area contributed by atoms with Crippen molar-refractivity contribution in [1.82, 2.24) is 9.55 Å². The molecule has 1 aromatic heterocycles. The average molecular weight is 393 g/mol. The second-order valence-electron chi connectivity index (χ2n) is 3.62. The first kappa shape index (κ1) is 13.9. The van der Waals surface area contributed by atoms with Crippen LogP contribution in [0.3, 0.4) is 0 Å². The molecular weight excluding hydrogens is 386 g/mol. The molecule has 0 aliphatic heterocycles. The molecule has 0 aliphatic rings. The molecule has 8 heteroatoms. The molecule has 98 valence electrons. The van der Waals surface area contributed by atoms with Gasteiger partial charge in [0.1, 0.15) is 18.2 Å². The van der Waals surface area contributed by atoms with Crippen molar-refractivity contribution < 1.29 is 17.6 Å². The molecule has 18 heavy (non-hydrogen) atoms. The number of fused-ring (bicyclic) bond motifs is 1. The summed E-state index contributed by atoms with van der Waals surface area (Å²) in [5.74, 6) is -0.666. The standard InChI is InChI=1S/C10H6ClF4IN2/c11-3-9-17-7-2-6(16)5(12)1-8(7)18(9)4-10(13,14)15/h1-2H,3-4H2. The summed E-state index contributed by atoms with van der Waals surface area (Å²) in [4.78, 5) is 3.98. The van der Waals surface area contributed by atoms with Gasteiger partial charge in [0.05, 0.1) is 20.5 Å². The highest BCUT2D eigenvalue weighted by Crippen LogP contribution is 2.26. The number of rotatable bonds is 2. The Morgan fingerprint density at radius 2 is 2.00 bits per heavy atom. The molecule has 0 fully saturated rings. The molecule has 0 aliphatic carbocycles. The number of alkyl halides is 4. The van der Waals surface area contributed by atoms with Gasteiger partial charge in [-0.1, -0.05) is 0 Å². The summed E-state index contributed by atoms with van der Waals surface area (Å²) >= 11 is 7.32. The van der Waals surface area contributed by atoms with E-state index in [9.17, 15) is 17.6 Å². The van der Waals surface area contributed by atoms with E-state index in [2.05, 4.69) is 4.98 Å². The molecule has 2 nitrogen and oxygen atoms in total. The summed E-state index contributed by atoms with van der Waals surface area (Å²) in [6.45, 7) is -1.23. The average Bonchev–Trinajstić information content (AvgIpc) is 2.55. The molecule has 0 bridgehead atoms. The second kappa shape index (κ2) is 4.84. The lowest BCUT2D eigenvalue weighted by Crippen LogP contribution is -2.19. The van der Waals surface area contributed by atoms with Crippen LogP contribution in [-0.4, -0.2) is 15.7 Å². The fourth-order valence-electron chi connectivity index (χ4n) is 1.63. The maximum Gasteiger partial charge on any atom is 0.406 e. The fraction of sp³-hybridized carbons (Fsp3) is 0.300. The van der Waals surface area contributed by atoms with E-state index in [1.54, 1.807) is 22.6 Å². The number of hydrogen-bond donors (Lipinski definition) is 0. The van der Waals surface area contributed by atoms with Crippen molar-refractivity contribution in [1.29, 1.82) is 0 Å². The van der Waals surface area contributed by atoms with Gasteiger partial charge in [0.2, 0.25) is 0 Å². The van der Waals surface area contributed by atoms with E-state index in [1.807, 2.05) is 0 Å². The SMILES string of the molecule is Fc1cc2c(cc1I)nc(CCl)n2CC(F)(F)F. The number of halogens is 6. The van der Waals surface area contributed by atoms with Gasteiger partial charge in [-0.05, 0) is 28.7 Å². The summed E-state index contributed by atoms with van der Waals surface area (Å²) < 4.78 is 52.0. The molecule has 1 aromatic carbocycles. The zero-order chi connectivity index (χ0) is 13.5. The molecular formula is C10H6ClF4IN2. The lowest BCUT2D eigenvalue weighted by molar-refractivity contribution is -0.140. The van der Waals surface area contributed by atoms with Gasteiger partial charge in [0, 0.05) is 6.07 Å². The summed E-state index contributed by atoms with van der Waals surface area (Å²) in [5, 5.41) is 0. The first-order valence-corrected chi connectivity index (χ1v) is 6.40. The van der Waals surface area contributed by atoms with E-state index < -0.39 is 18.5 Å². The van der Waals surface area contributed by atoms with E-state index in [1.165, 1.54) is 6.07 Å². The van der Waals surface area contributed by atoms with Crippen molar-refractivity contribution in [2.24, 2.45) is 0 Å². The number of nitrogens with zero attached hydrogens (tertiary/aromatic N) is 2. The van der Waals surface area contributed by atoms with E-state index in [4.69, 9.17) is 11.6 Å². The minimum absolute atomic E-state index is 0.0744. The Hall–Kier alpha value is -0.570. The Kier molecular flexibility index (Phi) is 3.72. The highest BCUT2D eigenvalue weighted by Gasteiger charge is 2.30. The molecule has 0 saturated heterocycles. The van der Waals surface area contributed by atoms with Crippen LogP contribution in [0.15, 0.2) is 12.1 Å². The minimum Gasteiger partial charge on any atom is -0.318 e. The third-order valence-electron chi connectivity index (χ3n) is 2.33. The van der Waals surface area contributed by atoms with Gasteiger partial charge < -0.3 is 4.57 Å². The molecule has 0 N–H and O–H groups in total. The predicted molar refractivity (Wildman–Crippen MR) is 68.0 cm³/mol. The summed E-state index contributed by atoms with van der Waals surface area (Å²) in [5.41, 5.74) is 0.404. The fourth-order valence-corrected chi connectivity index (χ4v) is 2.28. The van der Waals surface area contributed by atoms with Crippen LogP contribution in [0.1, 0.15) is 5.82 Å². The zero-order valence-corrected chi connectivity index (χ0v) is 11.6. The van der Waals surface area contributed by atoms with E-state index >= 15 is 0 Å². The summed E-state index contributed by atoms with van der Waals surface area (Å²) in [6.07, 6.45) is -4.41. The van der Waals surface area contributed by atoms with Crippen molar-refractivity contribution in [3.8, 4) is 0 Å². The van der Waals surface area contributed by atoms with Crippen LogP contribution in [0.5, 0.6) is 0 Å². The molecule has 2 aromatic rings. The summed E-state index contributed by atoms with van der Waals surface area (Å²) in [7, 11) is 0. The molecule has 0 atom stereocenters. The monoisotopic (exact) mass is 392 g/mol. The first-order chi connectivity index (χ1) is 8.31. The molecule has 0 amide bonds. The number of hydrogen-bond acceptors (Lipinski definition) is 1. The van der Waals surface area contributed by atoms with Gasteiger partial charge in [-0.2, -0.15) is 13.2 Å². The van der Waals surface area contributed by atoms with Crippen LogP contribution in [-0.2, 0) is 12.4 Å². The van der Waals surface area contributed by atoms with E-state index in [-0.39, 0.29) is 17.2 Å². The molecule has 0 radical (unpaired) electrons. The summed E-state index contributed by atoms with van der Waals surface area (Å²) in [6, 6.07) is 2.44. The second-order valence-corrected chi connectivity index (χ2v) is 5.05. The Morgan fingerprint density at radius 3 is 2.56 bits per heavy atom. The van der Waals surface area contributed by atoms with Gasteiger partial charge >= 0.3 is 6.18 Å². The smallest absolute Gasteiger partial charge is 0.318 e. The van der Waals surface area contributed by atoms with Crippen molar-refractivity contribution in [2.45, 2.75) is 18.6 Å². The Labute approximate surface area is 118 Å². The number of benzene rings is 1. The van der Waals surface area contributed by atoms with Gasteiger partial charge in [-0.15, -0.1) is 11.6 Å². The van der Waals surface area contributed by atoms with Crippen molar-refractivity contribution in [2.75, 3.05) is 0 Å². The number of imidazole rings is 1. The van der Waals surface area contributed by atoms with Crippen LogP contribution in [0.25, 0.3) is 11.0 Å².